The van der Waals surface area contributed by atoms with Gasteiger partial charge in [-0.15, -0.1) is 11.8 Å². The first-order valence-electron chi connectivity index (χ1n) is 21.3. The maximum absolute atomic E-state index is 12.3. The molecule has 4 fully saturated rings. The first-order valence-corrected chi connectivity index (χ1v) is 22.5. The monoisotopic (exact) mass is 761 g/mol. The summed E-state index contributed by atoms with van der Waals surface area (Å²) in [6.45, 7) is 10.7. The second kappa shape index (κ2) is 24.2. The van der Waals surface area contributed by atoms with Crippen LogP contribution in [-0.2, 0) is 23.9 Å². The summed E-state index contributed by atoms with van der Waals surface area (Å²) in [4.78, 5) is 52.2. The Bertz CT molecular complexity index is 1230. The quantitative estimate of drug-likeness (QED) is 0.132. The van der Waals surface area contributed by atoms with Gasteiger partial charge in [-0.3, -0.25) is 19.2 Å². The molecule has 2 amide bonds. The van der Waals surface area contributed by atoms with Crippen molar-refractivity contribution >= 4 is 35.1 Å². The molecular formula is C43H72N2O7S. The van der Waals surface area contributed by atoms with E-state index in [2.05, 4.69) is 27.7 Å². The molecule has 6 aliphatic rings. The van der Waals surface area contributed by atoms with Crippen molar-refractivity contribution in [3.05, 3.63) is 22.7 Å². The molecule has 0 aromatic heterocycles. The van der Waals surface area contributed by atoms with Crippen molar-refractivity contribution in [3.8, 4) is 0 Å². The van der Waals surface area contributed by atoms with Gasteiger partial charge in [-0.1, -0.05) is 143 Å². The number of hydrogen-bond acceptors (Lipinski definition) is 8. The minimum atomic E-state index is -0.469. The molecule has 6 rings (SSSR count). The number of aliphatic hydroxyl groups is 2. The van der Waals surface area contributed by atoms with E-state index >= 15 is 0 Å². The number of ketones is 2. The molecule has 0 spiro atoms. The van der Waals surface area contributed by atoms with E-state index < -0.39 is 6.04 Å². The van der Waals surface area contributed by atoms with Gasteiger partial charge < -0.3 is 24.7 Å². The number of nitrogens with zero attached hydrogens (tertiary/aromatic N) is 2. The van der Waals surface area contributed by atoms with Gasteiger partial charge in [0.2, 0.25) is 0 Å². The molecule has 4 aliphatic heterocycles. The van der Waals surface area contributed by atoms with E-state index in [4.69, 9.17) is 4.74 Å². The van der Waals surface area contributed by atoms with Crippen molar-refractivity contribution in [3.63, 3.8) is 0 Å². The number of ether oxygens (including phenoxy) is 1. The van der Waals surface area contributed by atoms with E-state index in [-0.39, 0.29) is 64.9 Å². The van der Waals surface area contributed by atoms with Crippen LogP contribution in [0.3, 0.4) is 0 Å². The Morgan fingerprint density at radius 1 is 0.679 bits per heavy atom. The summed E-state index contributed by atoms with van der Waals surface area (Å²) in [5.74, 6) is 1.89. The van der Waals surface area contributed by atoms with Gasteiger partial charge in [0, 0.05) is 18.6 Å². The third kappa shape index (κ3) is 13.1. The fraction of sp³-hybridized carbons (Fsp3) is 0.814. The van der Waals surface area contributed by atoms with Crippen LogP contribution in [0.4, 0.5) is 0 Å². The molecule has 53 heavy (non-hydrogen) atoms. The summed E-state index contributed by atoms with van der Waals surface area (Å²) in [6.07, 6.45) is 25.4. The normalized spacial score (nSPS) is 24.3. The van der Waals surface area contributed by atoms with Crippen LogP contribution in [0.2, 0.25) is 0 Å². The number of aliphatic hydroxyl groups excluding tert-OH is 2. The molecular weight excluding hydrogens is 689 g/mol. The summed E-state index contributed by atoms with van der Waals surface area (Å²) in [7, 11) is 0. The number of carbonyl (C=O) groups excluding carboxylic acids is 4. The topological polar surface area (TPSA) is 124 Å². The summed E-state index contributed by atoms with van der Waals surface area (Å²) in [6, 6.07) is -0.720. The molecule has 2 aliphatic carbocycles. The highest BCUT2D eigenvalue weighted by atomic mass is 32.2. The molecule has 4 heterocycles. The van der Waals surface area contributed by atoms with Crippen LogP contribution in [0.25, 0.3) is 0 Å². The fourth-order valence-electron chi connectivity index (χ4n) is 8.03. The van der Waals surface area contributed by atoms with Gasteiger partial charge >= 0.3 is 0 Å². The van der Waals surface area contributed by atoms with Crippen molar-refractivity contribution in [2.75, 3.05) is 18.4 Å². The van der Waals surface area contributed by atoms with Gasteiger partial charge in [0.05, 0.1) is 12.0 Å². The van der Waals surface area contributed by atoms with E-state index in [0.717, 1.165) is 37.5 Å². The van der Waals surface area contributed by atoms with Crippen molar-refractivity contribution in [1.82, 2.24) is 9.80 Å². The molecule has 3 atom stereocenters. The maximum atomic E-state index is 12.3. The SMILES string of the molecule is CC1OCN2C(=O)C(C(=O)CCCCC3CCCCC3)=C(O)C12.CCCC.CCCC.O=C(CCCCC1CCCCC1)C1=C(O)C2CSCN2C1=O. The van der Waals surface area contributed by atoms with Crippen LogP contribution < -0.4 is 0 Å². The highest BCUT2D eigenvalue weighted by Crippen LogP contribution is 2.36. The standard InChI is InChI=1S/C18H27NO4.C17H25NO3S.2C4H10/c1-12-16-17(21)15(18(22)19(16)11-23-12)14(20)10-6-5-9-13-7-3-2-4-8-13;19-14(9-5-4-8-12-6-2-1-3-7-12)15-16(20)13-10-22-11-18(13)17(15)21;2*1-3-4-2/h12-13,16,21H,2-11H2,1H3;12-13,20H,1-11H2;2*3-4H2,1-2H3. The van der Waals surface area contributed by atoms with Crippen LogP contribution in [0, 0.1) is 11.8 Å². The third-order valence-corrected chi connectivity index (χ3v) is 12.7. The number of Topliss-reactive ketones (excluding diaryl/α,β-unsaturated/α-hetero) is 2. The number of amides is 2. The van der Waals surface area contributed by atoms with Gasteiger partial charge in [0.15, 0.2) is 11.6 Å². The maximum Gasteiger partial charge on any atom is 0.263 e. The zero-order chi connectivity index (χ0) is 38.8. The first-order chi connectivity index (χ1) is 25.6. The molecule has 2 saturated carbocycles. The average molecular weight is 761 g/mol. The Balaban J connectivity index is 0.000000238. The van der Waals surface area contributed by atoms with E-state index in [0.29, 0.717) is 24.5 Å². The molecule has 0 aromatic rings. The zero-order valence-corrected chi connectivity index (χ0v) is 34.6. The lowest BCUT2D eigenvalue weighted by molar-refractivity contribution is -0.130. The lowest BCUT2D eigenvalue weighted by Gasteiger charge is -2.21. The fourth-order valence-corrected chi connectivity index (χ4v) is 9.19. The molecule has 3 unspecified atom stereocenters. The second-order valence-corrected chi connectivity index (χ2v) is 16.9. The Hall–Kier alpha value is -2.33. The first kappa shape index (κ1) is 45.1. The van der Waals surface area contributed by atoms with Crippen LogP contribution in [0.15, 0.2) is 22.7 Å². The number of thioether (sulfide) groups is 1. The van der Waals surface area contributed by atoms with Crippen molar-refractivity contribution in [1.29, 1.82) is 0 Å². The molecule has 10 heteroatoms. The number of rotatable bonds is 14. The lowest BCUT2D eigenvalue weighted by atomic mass is 9.85. The Labute approximate surface area is 325 Å². The molecule has 9 nitrogen and oxygen atoms in total. The van der Waals surface area contributed by atoms with E-state index in [1.165, 1.54) is 108 Å². The smallest absolute Gasteiger partial charge is 0.263 e. The van der Waals surface area contributed by atoms with Gasteiger partial charge in [-0.2, -0.15) is 0 Å². The molecule has 2 N–H and O–H groups in total. The molecule has 0 bridgehead atoms. The predicted octanol–water partition coefficient (Wildman–Crippen LogP) is 10.1. The van der Waals surface area contributed by atoms with Gasteiger partial charge in [0.1, 0.15) is 41.5 Å². The minimum absolute atomic E-state index is 0.00261. The number of hydrogen-bond donors (Lipinski definition) is 2. The molecule has 2 saturated heterocycles. The molecule has 0 aromatic carbocycles. The number of unbranched alkanes of at least 4 members (excludes halogenated alkanes) is 4. The molecule has 0 radical (unpaired) electrons. The van der Waals surface area contributed by atoms with Crippen LogP contribution >= 0.6 is 11.8 Å². The van der Waals surface area contributed by atoms with Crippen molar-refractivity contribution in [2.45, 2.75) is 194 Å². The van der Waals surface area contributed by atoms with Crippen LogP contribution in [0.1, 0.15) is 176 Å². The molecule has 302 valence electrons. The van der Waals surface area contributed by atoms with Crippen molar-refractivity contribution < 1.29 is 34.1 Å². The highest BCUT2D eigenvalue weighted by molar-refractivity contribution is 7.99. The highest BCUT2D eigenvalue weighted by Gasteiger charge is 2.49. The van der Waals surface area contributed by atoms with Crippen LogP contribution in [0.5, 0.6) is 0 Å². The third-order valence-electron chi connectivity index (χ3n) is 11.7. The van der Waals surface area contributed by atoms with Crippen molar-refractivity contribution in [2.24, 2.45) is 11.8 Å². The summed E-state index contributed by atoms with van der Waals surface area (Å²) < 4.78 is 5.35. The largest absolute Gasteiger partial charge is 0.509 e. The number of fused-ring (bicyclic) bond motifs is 2. The lowest BCUT2D eigenvalue weighted by Crippen LogP contribution is -2.34. The summed E-state index contributed by atoms with van der Waals surface area (Å²) >= 11 is 1.62. The van der Waals surface area contributed by atoms with Gasteiger partial charge in [0.25, 0.3) is 11.8 Å². The Kier molecular flexibility index (Phi) is 20.6. The van der Waals surface area contributed by atoms with Gasteiger partial charge in [-0.05, 0) is 31.6 Å². The van der Waals surface area contributed by atoms with Crippen LogP contribution in [-0.4, -0.2) is 79.9 Å². The van der Waals surface area contributed by atoms with E-state index in [1.54, 1.807) is 16.7 Å². The van der Waals surface area contributed by atoms with Gasteiger partial charge in [-0.25, -0.2) is 0 Å². The van der Waals surface area contributed by atoms with E-state index in [1.807, 2.05) is 6.92 Å². The zero-order valence-electron chi connectivity index (χ0n) is 33.8. The minimum Gasteiger partial charge on any atom is -0.509 e. The predicted molar refractivity (Wildman–Crippen MR) is 215 cm³/mol. The summed E-state index contributed by atoms with van der Waals surface area (Å²) in [5.41, 5.74) is 0.0748. The summed E-state index contributed by atoms with van der Waals surface area (Å²) in [5, 5.41) is 20.4. The Morgan fingerprint density at radius 3 is 1.57 bits per heavy atom. The second-order valence-electron chi connectivity index (χ2n) is 15.9. The number of carbonyl (C=O) groups is 4. The van der Waals surface area contributed by atoms with E-state index in [9.17, 15) is 29.4 Å². The average Bonchev–Trinajstić information content (AvgIpc) is 3.94. The Morgan fingerprint density at radius 2 is 1.13 bits per heavy atom.